The maximum atomic E-state index is 13.2. The van der Waals surface area contributed by atoms with Crippen LogP contribution in [0.5, 0.6) is 5.75 Å². The van der Waals surface area contributed by atoms with Gasteiger partial charge in [0.1, 0.15) is 5.75 Å². The molecule has 2 aromatic carbocycles. The van der Waals surface area contributed by atoms with Crippen LogP contribution in [0.4, 0.5) is 18.9 Å². The second-order valence-corrected chi connectivity index (χ2v) is 10.3. The third kappa shape index (κ3) is 5.31. The summed E-state index contributed by atoms with van der Waals surface area (Å²) in [5.74, 6) is -0.874. The molecule has 1 heterocycles. The average molecular weight is 460 g/mol. The molecule has 8 heteroatoms. The molecule has 1 saturated heterocycles. The highest BCUT2D eigenvalue weighted by Gasteiger charge is 2.51. The summed E-state index contributed by atoms with van der Waals surface area (Å²) in [5.41, 5.74) is 1.61. The number of ether oxygens (including phenoxy) is 1. The lowest BCUT2D eigenvalue weighted by molar-refractivity contribution is -0.274. The Morgan fingerprint density at radius 2 is 1.58 bits per heavy atom. The van der Waals surface area contributed by atoms with E-state index in [1.54, 1.807) is 24.3 Å². The van der Waals surface area contributed by atoms with Crippen molar-refractivity contribution in [2.75, 3.05) is 11.9 Å². The second-order valence-electron chi connectivity index (χ2n) is 10.3. The molecule has 1 aliphatic carbocycles. The molecule has 2 unspecified atom stereocenters. The van der Waals surface area contributed by atoms with E-state index in [0.29, 0.717) is 11.3 Å². The highest BCUT2D eigenvalue weighted by Crippen LogP contribution is 2.52. The number of nitrogens with one attached hydrogen (secondary N) is 1. The number of fused-ring (bicyclic) bond motifs is 2. The summed E-state index contributed by atoms with van der Waals surface area (Å²) in [7, 11) is 0. The molecule has 5 nitrogen and oxygen atoms in total. The van der Waals surface area contributed by atoms with Crippen molar-refractivity contribution in [1.82, 2.24) is 4.90 Å². The summed E-state index contributed by atoms with van der Waals surface area (Å²) in [5, 5.41) is 2.69. The van der Waals surface area contributed by atoms with E-state index < -0.39 is 18.0 Å². The van der Waals surface area contributed by atoms with E-state index in [4.69, 9.17) is 0 Å². The summed E-state index contributed by atoms with van der Waals surface area (Å²) < 4.78 is 40.6. The highest BCUT2D eigenvalue weighted by atomic mass is 19.4. The first-order chi connectivity index (χ1) is 15.3. The number of halogens is 3. The number of hydrogen-bond donors (Lipinski definition) is 1. The molecule has 0 radical (unpaired) electrons. The van der Waals surface area contributed by atoms with Crippen molar-refractivity contribution >= 4 is 17.5 Å². The molecular formula is C25H27F3N2O3. The minimum absolute atomic E-state index is 0.000412. The predicted octanol–water partition coefficient (Wildman–Crippen LogP) is 5.88. The number of anilines is 1. The van der Waals surface area contributed by atoms with Crippen molar-refractivity contribution < 1.29 is 27.5 Å². The lowest BCUT2D eigenvalue weighted by Gasteiger charge is -2.39. The van der Waals surface area contributed by atoms with E-state index in [-0.39, 0.29) is 28.3 Å². The fourth-order valence-electron chi connectivity index (χ4n) is 5.57. The second kappa shape index (κ2) is 8.08. The van der Waals surface area contributed by atoms with Crippen LogP contribution in [0.1, 0.15) is 60.7 Å². The van der Waals surface area contributed by atoms with E-state index in [0.717, 1.165) is 37.9 Å². The largest absolute Gasteiger partial charge is 0.573 e. The minimum atomic E-state index is -4.79. The molecule has 176 valence electrons. The molecule has 2 aromatic rings. The first kappa shape index (κ1) is 23.1. The normalized spacial score (nSPS) is 23.8. The molecule has 2 atom stereocenters. The van der Waals surface area contributed by atoms with E-state index in [2.05, 4.69) is 30.8 Å². The van der Waals surface area contributed by atoms with Crippen LogP contribution in [0.2, 0.25) is 0 Å². The monoisotopic (exact) mass is 460 g/mol. The number of alkyl halides is 3. The molecule has 2 amide bonds. The number of benzene rings is 2. The van der Waals surface area contributed by atoms with Crippen molar-refractivity contribution in [1.29, 1.82) is 0 Å². The Hall–Kier alpha value is -3.03. The molecule has 2 fully saturated rings. The van der Waals surface area contributed by atoms with Gasteiger partial charge in [-0.25, -0.2) is 0 Å². The maximum absolute atomic E-state index is 13.2. The van der Waals surface area contributed by atoms with E-state index in [1.165, 1.54) is 12.1 Å². The molecule has 2 bridgehead atoms. The van der Waals surface area contributed by atoms with Gasteiger partial charge in [-0.3, -0.25) is 9.59 Å². The van der Waals surface area contributed by atoms with Gasteiger partial charge in [0.2, 0.25) is 0 Å². The van der Waals surface area contributed by atoms with Gasteiger partial charge in [-0.1, -0.05) is 20.8 Å². The lowest BCUT2D eigenvalue weighted by Crippen LogP contribution is -2.37. The number of amides is 2. The summed E-state index contributed by atoms with van der Waals surface area (Å²) in [4.78, 5) is 27.6. The quantitative estimate of drug-likeness (QED) is 0.620. The zero-order valence-corrected chi connectivity index (χ0v) is 18.8. The van der Waals surface area contributed by atoms with Gasteiger partial charge in [0, 0.05) is 29.4 Å². The Morgan fingerprint density at radius 1 is 0.970 bits per heavy atom. The Balaban J connectivity index is 1.39. The topological polar surface area (TPSA) is 58.6 Å². The average Bonchev–Trinajstić information content (AvgIpc) is 2.96. The zero-order chi connectivity index (χ0) is 24.0. The third-order valence-corrected chi connectivity index (χ3v) is 6.42. The summed E-state index contributed by atoms with van der Waals surface area (Å²) >= 11 is 0. The lowest BCUT2D eigenvalue weighted by atomic mass is 9.65. The van der Waals surface area contributed by atoms with Crippen molar-refractivity contribution in [2.45, 2.75) is 52.4 Å². The van der Waals surface area contributed by atoms with E-state index >= 15 is 0 Å². The van der Waals surface area contributed by atoms with Crippen molar-refractivity contribution in [2.24, 2.45) is 10.8 Å². The Kier molecular flexibility index (Phi) is 5.66. The van der Waals surface area contributed by atoms with Crippen molar-refractivity contribution in [3.8, 4) is 5.75 Å². The molecule has 1 aliphatic heterocycles. The Labute approximate surface area is 190 Å². The van der Waals surface area contributed by atoms with Crippen LogP contribution in [0.3, 0.4) is 0 Å². The van der Waals surface area contributed by atoms with Crippen LogP contribution in [0.15, 0.2) is 48.5 Å². The van der Waals surface area contributed by atoms with E-state index in [1.807, 2.05) is 4.90 Å². The number of hydrogen-bond acceptors (Lipinski definition) is 3. The molecule has 1 saturated carbocycles. The van der Waals surface area contributed by atoms with Crippen LogP contribution in [-0.4, -0.2) is 35.7 Å². The predicted molar refractivity (Wildman–Crippen MR) is 118 cm³/mol. The maximum Gasteiger partial charge on any atom is 0.573 e. The van der Waals surface area contributed by atoms with Crippen LogP contribution >= 0.6 is 0 Å². The van der Waals surface area contributed by atoms with Crippen LogP contribution in [0, 0.1) is 10.8 Å². The molecule has 0 aromatic heterocycles. The zero-order valence-electron chi connectivity index (χ0n) is 18.8. The molecular weight excluding hydrogens is 433 g/mol. The standard InChI is InChI=1S/C25H27F3N2O3/c1-23(2)12-19-13-24(3,14-23)15-30(19)22(32)17-4-8-18(9-5-17)29-21(31)16-6-10-20(11-7-16)33-25(26,27)28/h4-11,19H,12-15H2,1-3H3,(H,29,31). The van der Waals surface area contributed by atoms with E-state index in [9.17, 15) is 22.8 Å². The highest BCUT2D eigenvalue weighted by molar-refractivity contribution is 6.04. The molecule has 0 spiro atoms. The summed E-state index contributed by atoms with van der Waals surface area (Å²) in [6.45, 7) is 7.54. The first-order valence-corrected chi connectivity index (χ1v) is 10.9. The van der Waals surface area contributed by atoms with Gasteiger partial charge in [-0.15, -0.1) is 13.2 Å². The van der Waals surface area contributed by atoms with Crippen LogP contribution in [0.25, 0.3) is 0 Å². The Morgan fingerprint density at radius 3 is 2.18 bits per heavy atom. The van der Waals surface area contributed by atoms with Crippen molar-refractivity contribution in [3.63, 3.8) is 0 Å². The summed E-state index contributed by atoms with van der Waals surface area (Å²) in [6.07, 6.45) is -1.66. The van der Waals surface area contributed by atoms with Gasteiger partial charge >= 0.3 is 6.36 Å². The number of rotatable bonds is 4. The minimum Gasteiger partial charge on any atom is -0.406 e. The first-order valence-electron chi connectivity index (χ1n) is 10.9. The van der Waals surface area contributed by atoms with Crippen LogP contribution < -0.4 is 10.1 Å². The smallest absolute Gasteiger partial charge is 0.406 e. The van der Waals surface area contributed by atoms with Gasteiger partial charge in [0.15, 0.2) is 0 Å². The Bertz CT molecular complexity index is 1050. The third-order valence-electron chi connectivity index (χ3n) is 6.42. The number of likely N-dealkylation sites (tertiary alicyclic amines) is 1. The van der Waals surface area contributed by atoms with Gasteiger partial charge < -0.3 is 15.0 Å². The fourth-order valence-corrected chi connectivity index (χ4v) is 5.57. The SMILES string of the molecule is CC1(C)CC2CC(C)(CN2C(=O)c2ccc(NC(=O)c3ccc(OC(F)(F)F)cc3)cc2)C1. The molecule has 4 rings (SSSR count). The molecule has 33 heavy (non-hydrogen) atoms. The number of carbonyl (C=O) groups is 2. The molecule has 2 aliphatic rings. The van der Waals surface area contributed by atoms with Gasteiger partial charge in [0.25, 0.3) is 11.8 Å². The molecule has 1 N–H and O–H groups in total. The van der Waals surface area contributed by atoms with Gasteiger partial charge in [-0.05, 0) is 78.6 Å². The number of nitrogens with zero attached hydrogens (tertiary/aromatic N) is 1. The van der Waals surface area contributed by atoms with Gasteiger partial charge in [0.05, 0.1) is 0 Å². The van der Waals surface area contributed by atoms with Crippen molar-refractivity contribution in [3.05, 3.63) is 59.7 Å². The number of carbonyl (C=O) groups excluding carboxylic acids is 2. The summed E-state index contributed by atoms with van der Waals surface area (Å²) in [6, 6.07) is 11.6. The van der Waals surface area contributed by atoms with Crippen LogP contribution in [-0.2, 0) is 0 Å². The van der Waals surface area contributed by atoms with Gasteiger partial charge in [-0.2, -0.15) is 0 Å². The fraction of sp³-hybridized carbons (Fsp3) is 0.440.